The minimum atomic E-state index is 0.328. The van der Waals surface area contributed by atoms with Crippen LogP contribution in [-0.4, -0.2) is 12.6 Å². The summed E-state index contributed by atoms with van der Waals surface area (Å²) in [6, 6.07) is 2.04. The molecule has 0 aliphatic heterocycles. The number of hydrogen-bond donors (Lipinski definition) is 1. The summed E-state index contributed by atoms with van der Waals surface area (Å²) in [6.45, 7) is 5.47. The minimum Gasteiger partial charge on any atom is -0.373 e. The molecule has 0 aromatic carbocycles. The first-order valence-electron chi connectivity index (χ1n) is 7.14. The van der Waals surface area contributed by atoms with E-state index in [0.29, 0.717) is 19.3 Å². The third-order valence-corrected chi connectivity index (χ3v) is 3.93. The summed E-state index contributed by atoms with van der Waals surface area (Å²) in [5, 5.41) is 2.06. The number of hydrogen-bond acceptors (Lipinski definition) is 3. The second kappa shape index (κ2) is 10.0. The van der Waals surface area contributed by atoms with Gasteiger partial charge in [0.1, 0.15) is 0 Å². The Balaban J connectivity index is 2.29. The predicted molar refractivity (Wildman–Crippen MR) is 83.3 cm³/mol. The number of nitrogens with two attached hydrogens (primary N) is 1. The Hall–Kier alpha value is -0.820. The fourth-order valence-corrected chi connectivity index (χ4v) is 2.62. The largest absolute Gasteiger partial charge is 0.373 e. The van der Waals surface area contributed by atoms with E-state index in [1.807, 2.05) is 6.07 Å². The highest BCUT2D eigenvalue weighted by Crippen LogP contribution is 2.18. The summed E-state index contributed by atoms with van der Waals surface area (Å²) < 4.78 is 5.90. The highest BCUT2D eigenvalue weighted by atomic mass is 32.1. The van der Waals surface area contributed by atoms with E-state index in [0.717, 1.165) is 12.0 Å². The lowest BCUT2D eigenvalue weighted by Crippen LogP contribution is -2.07. The Morgan fingerprint density at radius 1 is 1.37 bits per heavy atom. The molecule has 0 radical (unpaired) electrons. The van der Waals surface area contributed by atoms with E-state index < -0.39 is 0 Å². The molecule has 19 heavy (non-hydrogen) atoms. The van der Waals surface area contributed by atoms with Crippen LogP contribution in [0.25, 0.3) is 0 Å². The molecular formula is C16H25NOS. The third kappa shape index (κ3) is 6.77. The van der Waals surface area contributed by atoms with Crippen LogP contribution < -0.4 is 5.73 Å². The highest BCUT2D eigenvalue weighted by Gasteiger charge is 2.06. The van der Waals surface area contributed by atoms with Crippen molar-refractivity contribution in [1.29, 1.82) is 0 Å². The smallest absolute Gasteiger partial charge is 0.0825 e. The summed E-state index contributed by atoms with van der Waals surface area (Å²) in [4.78, 5) is 1.21. The van der Waals surface area contributed by atoms with Crippen molar-refractivity contribution < 1.29 is 4.74 Å². The van der Waals surface area contributed by atoms with Crippen LogP contribution in [-0.2, 0) is 11.3 Å². The summed E-state index contributed by atoms with van der Waals surface area (Å²) in [5.74, 6) is 5.99. The van der Waals surface area contributed by atoms with Crippen LogP contribution in [0.1, 0.15) is 56.4 Å². The zero-order valence-corrected chi connectivity index (χ0v) is 12.9. The van der Waals surface area contributed by atoms with Gasteiger partial charge in [0.05, 0.1) is 19.3 Å². The molecule has 0 aliphatic rings. The average Bonchev–Trinajstić information content (AvgIpc) is 2.86. The first-order valence-corrected chi connectivity index (χ1v) is 8.02. The third-order valence-electron chi connectivity index (χ3n) is 3.03. The SMILES string of the molecule is CCCCCCC(C)OCc1sccc1C#CCN. The quantitative estimate of drug-likeness (QED) is 0.578. The molecular weight excluding hydrogens is 254 g/mol. The van der Waals surface area contributed by atoms with E-state index in [4.69, 9.17) is 10.5 Å². The number of rotatable bonds is 8. The Labute approximate surface area is 121 Å². The maximum absolute atomic E-state index is 5.90. The Morgan fingerprint density at radius 2 is 2.21 bits per heavy atom. The number of unbranched alkanes of at least 4 members (excludes halogenated alkanes) is 3. The maximum atomic E-state index is 5.90. The monoisotopic (exact) mass is 279 g/mol. The molecule has 0 saturated heterocycles. The molecule has 0 fully saturated rings. The van der Waals surface area contributed by atoms with Gasteiger partial charge in [-0.2, -0.15) is 0 Å². The summed E-state index contributed by atoms with van der Waals surface area (Å²) in [7, 11) is 0. The molecule has 0 amide bonds. The van der Waals surface area contributed by atoms with Crippen molar-refractivity contribution in [2.24, 2.45) is 5.73 Å². The second-order valence-corrected chi connectivity index (χ2v) is 5.73. The molecule has 1 heterocycles. The van der Waals surface area contributed by atoms with E-state index in [1.165, 1.54) is 30.6 Å². The topological polar surface area (TPSA) is 35.2 Å². The molecule has 2 nitrogen and oxygen atoms in total. The van der Waals surface area contributed by atoms with Gasteiger partial charge in [-0.1, -0.05) is 44.4 Å². The summed E-state index contributed by atoms with van der Waals surface area (Å²) in [6.07, 6.45) is 6.67. The van der Waals surface area contributed by atoms with Crippen LogP contribution in [0.2, 0.25) is 0 Å². The van der Waals surface area contributed by atoms with Gasteiger partial charge in [-0.25, -0.2) is 0 Å². The fourth-order valence-electron chi connectivity index (χ4n) is 1.87. The lowest BCUT2D eigenvalue weighted by atomic mass is 10.1. The van der Waals surface area contributed by atoms with E-state index in [-0.39, 0.29) is 0 Å². The fraction of sp³-hybridized carbons (Fsp3) is 0.625. The first kappa shape index (κ1) is 16.2. The molecule has 1 aromatic rings. The molecule has 106 valence electrons. The Morgan fingerprint density at radius 3 is 2.95 bits per heavy atom. The summed E-state index contributed by atoms with van der Waals surface area (Å²) in [5.41, 5.74) is 6.46. The minimum absolute atomic E-state index is 0.328. The molecule has 0 bridgehead atoms. The van der Waals surface area contributed by atoms with Crippen molar-refractivity contribution >= 4 is 11.3 Å². The Bertz CT molecular complexity index is 402. The van der Waals surface area contributed by atoms with Crippen LogP contribution in [0.3, 0.4) is 0 Å². The van der Waals surface area contributed by atoms with E-state index in [2.05, 4.69) is 31.1 Å². The normalized spacial score (nSPS) is 11.9. The molecule has 2 N–H and O–H groups in total. The van der Waals surface area contributed by atoms with Crippen LogP contribution in [0.15, 0.2) is 11.4 Å². The van der Waals surface area contributed by atoms with Gasteiger partial charge >= 0.3 is 0 Å². The molecule has 1 aromatic heterocycles. The molecule has 0 saturated carbocycles. The number of ether oxygens (including phenoxy) is 1. The molecule has 1 rings (SSSR count). The van der Waals surface area contributed by atoms with Gasteiger partial charge in [0.25, 0.3) is 0 Å². The van der Waals surface area contributed by atoms with Gasteiger partial charge in [-0.3, -0.25) is 0 Å². The zero-order chi connectivity index (χ0) is 13.9. The van der Waals surface area contributed by atoms with Crippen molar-refractivity contribution in [1.82, 2.24) is 0 Å². The van der Waals surface area contributed by atoms with Crippen molar-refractivity contribution in [3.63, 3.8) is 0 Å². The lowest BCUT2D eigenvalue weighted by molar-refractivity contribution is 0.0474. The first-order chi connectivity index (χ1) is 9.27. The highest BCUT2D eigenvalue weighted by molar-refractivity contribution is 7.10. The van der Waals surface area contributed by atoms with E-state index in [1.54, 1.807) is 11.3 Å². The van der Waals surface area contributed by atoms with Gasteiger partial charge in [0, 0.05) is 10.4 Å². The van der Waals surface area contributed by atoms with Crippen molar-refractivity contribution in [2.45, 2.75) is 58.7 Å². The van der Waals surface area contributed by atoms with E-state index >= 15 is 0 Å². The van der Waals surface area contributed by atoms with Gasteiger partial charge in [-0.15, -0.1) is 11.3 Å². The van der Waals surface area contributed by atoms with E-state index in [9.17, 15) is 0 Å². The predicted octanol–water partition coefficient (Wildman–Crippen LogP) is 3.93. The molecule has 0 spiro atoms. The van der Waals surface area contributed by atoms with Gasteiger partial charge < -0.3 is 10.5 Å². The van der Waals surface area contributed by atoms with Gasteiger partial charge in [0.2, 0.25) is 0 Å². The van der Waals surface area contributed by atoms with Crippen LogP contribution in [0, 0.1) is 11.8 Å². The van der Waals surface area contributed by atoms with Gasteiger partial charge in [0.15, 0.2) is 0 Å². The van der Waals surface area contributed by atoms with Crippen LogP contribution in [0.4, 0.5) is 0 Å². The summed E-state index contributed by atoms with van der Waals surface area (Å²) >= 11 is 1.71. The van der Waals surface area contributed by atoms with Crippen molar-refractivity contribution in [3.05, 3.63) is 21.9 Å². The molecule has 0 aliphatic carbocycles. The second-order valence-electron chi connectivity index (χ2n) is 4.73. The van der Waals surface area contributed by atoms with Crippen molar-refractivity contribution in [3.8, 4) is 11.8 Å². The zero-order valence-electron chi connectivity index (χ0n) is 12.1. The van der Waals surface area contributed by atoms with Crippen LogP contribution in [0.5, 0.6) is 0 Å². The average molecular weight is 279 g/mol. The standard InChI is InChI=1S/C16H25NOS/c1-3-4-5-6-8-14(2)18-13-16-15(9-7-11-17)10-12-19-16/h10,12,14H,3-6,8,11,13,17H2,1-2H3. The maximum Gasteiger partial charge on any atom is 0.0825 e. The molecule has 3 heteroatoms. The molecule has 1 atom stereocenters. The lowest BCUT2D eigenvalue weighted by Gasteiger charge is -2.12. The van der Waals surface area contributed by atoms with Crippen molar-refractivity contribution in [2.75, 3.05) is 6.54 Å². The van der Waals surface area contributed by atoms with Gasteiger partial charge in [-0.05, 0) is 24.8 Å². The molecule has 1 unspecified atom stereocenters. The Kier molecular flexibility index (Phi) is 8.57. The van der Waals surface area contributed by atoms with Crippen LogP contribution >= 0.6 is 11.3 Å². The number of thiophene rings is 1.